The molecule has 1 aliphatic rings. The molecule has 23 heavy (non-hydrogen) atoms. The number of allylic oxidation sites excluding steroid dienone is 1. The van der Waals surface area contributed by atoms with E-state index in [4.69, 9.17) is 9.47 Å². The minimum atomic E-state index is -0.603. The molecule has 1 atom stereocenters. The highest BCUT2D eigenvalue weighted by molar-refractivity contribution is 5.95. The number of carbonyl (C=O) groups is 2. The Morgan fingerprint density at radius 3 is 2.74 bits per heavy atom. The van der Waals surface area contributed by atoms with Crippen LogP contribution in [0.4, 0.5) is 4.79 Å². The van der Waals surface area contributed by atoms with E-state index < -0.39 is 12.0 Å². The molecule has 2 amide bonds. The number of urea groups is 1. The monoisotopic (exact) mass is 318 g/mol. The molecule has 0 unspecified atom stereocenters. The fourth-order valence-corrected chi connectivity index (χ4v) is 2.48. The minimum Gasteiger partial charge on any atom is -0.493 e. The smallest absolute Gasteiger partial charge is 0.337 e. The predicted octanol–water partition coefficient (Wildman–Crippen LogP) is 2.67. The lowest BCUT2D eigenvalue weighted by Gasteiger charge is -2.29. The van der Waals surface area contributed by atoms with Crippen molar-refractivity contribution in [3.8, 4) is 5.75 Å². The highest BCUT2D eigenvalue weighted by Crippen LogP contribution is 2.33. The SMILES string of the molecule is CCCCOc1ccccc1[C@@H]1NC(=O)NC(C)=C1C(=O)OC. The highest BCUT2D eigenvalue weighted by atomic mass is 16.5. The molecule has 0 saturated carbocycles. The van der Waals surface area contributed by atoms with E-state index in [-0.39, 0.29) is 6.03 Å². The molecule has 0 spiro atoms. The first-order valence-electron chi connectivity index (χ1n) is 7.66. The Labute approximate surface area is 135 Å². The van der Waals surface area contributed by atoms with E-state index in [1.165, 1.54) is 7.11 Å². The van der Waals surface area contributed by atoms with Gasteiger partial charge in [0, 0.05) is 11.3 Å². The third kappa shape index (κ3) is 3.83. The number of rotatable bonds is 6. The van der Waals surface area contributed by atoms with E-state index in [2.05, 4.69) is 17.6 Å². The number of esters is 1. The first kappa shape index (κ1) is 16.9. The van der Waals surface area contributed by atoms with Gasteiger partial charge in [0.25, 0.3) is 0 Å². The predicted molar refractivity (Wildman–Crippen MR) is 86.0 cm³/mol. The number of carbonyl (C=O) groups excluding carboxylic acids is 2. The van der Waals surface area contributed by atoms with Crippen LogP contribution in [0.1, 0.15) is 38.3 Å². The van der Waals surface area contributed by atoms with Gasteiger partial charge in [0.05, 0.1) is 25.3 Å². The number of benzene rings is 1. The van der Waals surface area contributed by atoms with Gasteiger partial charge in [-0.15, -0.1) is 0 Å². The molecule has 2 N–H and O–H groups in total. The first-order chi connectivity index (χ1) is 11.1. The Balaban J connectivity index is 2.40. The van der Waals surface area contributed by atoms with Gasteiger partial charge >= 0.3 is 12.0 Å². The Bertz CT molecular complexity index is 625. The van der Waals surface area contributed by atoms with Crippen LogP contribution in [-0.2, 0) is 9.53 Å². The Kier molecular flexibility index (Phi) is 5.62. The van der Waals surface area contributed by atoms with Gasteiger partial charge in [0.2, 0.25) is 0 Å². The van der Waals surface area contributed by atoms with Crippen molar-refractivity contribution in [2.45, 2.75) is 32.7 Å². The van der Waals surface area contributed by atoms with Crippen LogP contribution in [0.3, 0.4) is 0 Å². The van der Waals surface area contributed by atoms with Gasteiger partial charge in [-0.05, 0) is 19.4 Å². The zero-order chi connectivity index (χ0) is 16.8. The van der Waals surface area contributed by atoms with Crippen molar-refractivity contribution in [1.29, 1.82) is 0 Å². The van der Waals surface area contributed by atoms with Gasteiger partial charge in [-0.25, -0.2) is 9.59 Å². The summed E-state index contributed by atoms with van der Waals surface area (Å²) >= 11 is 0. The molecule has 6 heteroatoms. The maximum atomic E-state index is 12.1. The third-order valence-electron chi connectivity index (χ3n) is 3.66. The molecule has 6 nitrogen and oxygen atoms in total. The molecule has 0 radical (unpaired) electrons. The molecule has 0 aliphatic carbocycles. The maximum absolute atomic E-state index is 12.1. The van der Waals surface area contributed by atoms with Crippen LogP contribution in [0.5, 0.6) is 5.75 Å². The lowest BCUT2D eigenvalue weighted by Crippen LogP contribution is -2.45. The van der Waals surface area contributed by atoms with Crippen molar-refractivity contribution in [2.24, 2.45) is 0 Å². The van der Waals surface area contributed by atoms with Crippen LogP contribution in [0.2, 0.25) is 0 Å². The average Bonchev–Trinajstić information content (AvgIpc) is 2.54. The van der Waals surface area contributed by atoms with Gasteiger partial charge in [-0.3, -0.25) is 0 Å². The summed E-state index contributed by atoms with van der Waals surface area (Å²) in [6.45, 7) is 4.35. The van der Waals surface area contributed by atoms with E-state index in [0.29, 0.717) is 23.6 Å². The zero-order valence-corrected chi connectivity index (χ0v) is 13.6. The van der Waals surface area contributed by atoms with Gasteiger partial charge in [0.1, 0.15) is 5.75 Å². The van der Waals surface area contributed by atoms with Crippen LogP contribution in [0.15, 0.2) is 35.5 Å². The lowest BCUT2D eigenvalue weighted by atomic mass is 9.95. The summed E-state index contributed by atoms with van der Waals surface area (Å²) in [7, 11) is 1.32. The summed E-state index contributed by atoms with van der Waals surface area (Å²) in [4.78, 5) is 24.0. The van der Waals surface area contributed by atoms with E-state index >= 15 is 0 Å². The number of amides is 2. The van der Waals surface area contributed by atoms with Crippen molar-refractivity contribution >= 4 is 12.0 Å². The van der Waals surface area contributed by atoms with E-state index in [1.807, 2.05) is 24.3 Å². The highest BCUT2D eigenvalue weighted by Gasteiger charge is 2.33. The van der Waals surface area contributed by atoms with Crippen molar-refractivity contribution in [3.63, 3.8) is 0 Å². The molecule has 124 valence electrons. The fourth-order valence-electron chi connectivity index (χ4n) is 2.48. The fraction of sp³-hybridized carbons (Fsp3) is 0.412. The van der Waals surface area contributed by atoms with Crippen molar-refractivity contribution in [3.05, 3.63) is 41.1 Å². The molecule has 1 aromatic rings. The Morgan fingerprint density at radius 2 is 2.04 bits per heavy atom. The molecular formula is C17H22N2O4. The van der Waals surface area contributed by atoms with Gasteiger partial charge in [-0.2, -0.15) is 0 Å². The molecule has 0 aromatic heterocycles. The molecule has 2 rings (SSSR count). The standard InChI is InChI=1S/C17H22N2O4/c1-4-5-10-23-13-9-7-6-8-12(13)15-14(16(20)22-3)11(2)18-17(21)19-15/h6-9,15H,4-5,10H2,1-3H3,(H2,18,19,21)/t15-/m0/s1. The first-order valence-corrected chi connectivity index (χ1v) is 7.66. The average molecular weight is 318 g/mol. The third-order valence-corrected chi connectivity index (χ3v) is 3.66. The zero-order valence-electron chi connectivity index (χ0n) is 13.6. The lowest BCUT2D eigenvalue weighted by molar-refractivity contribution is -0.136. The van der Waals surface area contributed by atoms with Crippen LogP contribution in [0, 0.1) is 0 Å². The number of ether oxygens (including phenoxy) is 2. The topological polar surface area (TPSA) is 76.7 Å². The quantitative estimate of drug-likeness (QED) is 0.624. The molecule has 1 aromatic carbocycles. The largest absolute Gasteiger partial charge is 0.493 e. The minimum absolute atomic E-state index is 0.358. The van der Waals surface area contributed by atoms with Gasteiger partial charge < -0.3 is 20.1 Å². The number of unbranched alkanes of at least 4 members (excludes halogenated alkanes) is 1. The van der Waals surface area contributed by atoms with E-state index in [9.17, 15) is 9.59 Å². The molecule has 1 aliphatic heterocycles. The molecule has 0 bridgehead atoms. The number of hydrogen-bond donors (Lipinski definition) is 2. The number of para-hydroxylation sites is 1. The van der Waals surface area contributed by atoms with E-state index in [0.717, 1.165) is 18.4 Å². The Morgan fingerprint density at radius 1 is 1.30 bits per heavy atom. The normalized spacial score (nSPS) is 17.3. The number of nitrogens with one attached hydrogen (secondary N) is 2. The summed E-state index contributed by atoms with van der Waals surface area (Å²) < 4.78 is 10.7. The summed E-state index contributed by atoms with van der Waals surface area (Å²) in [6, 6.07) is 6.43. The van der Waals surface area contributed by atoms with Gasteiger partial charge in [0.15, 0.2) is 0 Å². The van der Waals surface area contributed by atoms with Crippen LogP contribution >= 0.6 is 0 Å². The summed E-state index contributed by atoms with van der Waals surface area (Å²) in [5.74, 6) is 0.172. The molecule has 0 saturated heterocycles. The molecular weight excluding hydrogens is 296 g/mol. The number of hydrogen-bond acceptors (Lipinski definition) is 4. The van der Waals surface area contributed by atoms with Gasteiger partial charge in [-0.1, -0.05) is 31.5 Å². The van der Waals surface area contributed by atoms with Crippen molar-refractivity contribution in [2.75, 3.05) is 13.7 Å². The second kappa shape index (κ2) is 7.67. The molecule has 0 fully saturated rings. The van der Waals surface area contributed by atoms with Crippen molar-refractivity contribution < 1.29 is 19.1 Å². The van der Waals surface area contributed by atoms with Crippen LogP contribution in [0.25, 0.3) is 0 Å². The van der Waals surface area contributed by atoms with Crippen LogP contribution < -0.4 is 15.4 Å². The summed E-state index contributed by atoms with van der Waals surface area (Å²) in [6.07, 6.45) is 1.96. The summed E-state index contributed by atoms with van der Waals surface area (Å²) in [5, 5.41) is 5.37. The van der Waals surface area contributed by atoms with Crippen LogP contribution in [-0.4, -0.2) is 25.7 Å². The molecule has 1 heterocycles. The second-order valence-corrected chi connectivity index (χ2v) is 5.30. The second-order valence-electron chi connectivity index (χ2n) is 5.30. The number of methoxy groups -OCH3 is 1. The Hall–Kier alpha value is -2.50. The van der Waals surface area contributed by atoms with Crippen molar-refractivity contribution in [1.82, 2.24) is 10.6 Å². The summed E-state index contributed by atoms with van der Waals surface area (Å²) in [5.41, 5.74) is 1.59. The van der Waals surface area contributed by atoms with E-state index in [1.54, 1.807) is 6.92 Å². The maximum Gasteiger partial charge on any atom is 0.337 e.